The molecular weight excluding hydrogens is 319 g/mol. The van der Waals surface area contributed by atoms with E-state index in [9.17, 15) is 9.18 Å². The maximum atomic E-state index is 13.3. The maximum Gasteiger partial charge on any atom is 0.223 e. The lowest BCUT2D eigenvalue weighted by Gasteiger charge is -2.20. The highest BCUT2D eigenvalue weighted by Crippen LogP contribution is 2.24. The third-order valence-corrected chi connectivity index (χ3v) is 5.29. The number of carbonyl (C=O) groups is 1. The normalized spacial score (nSPS) is 26.1. The van der Waals surface area contributed by atoms with Gasteiger partial charge in [0.1, 0.15) is 5.82 Å². The van der Waals surface area contributed by atoms with Gasteiger partial charge in [0.05, 0.1) is 0 Å². The fraction of sp³-hybridized carbons (Fsp3) is 0.632. The summed E-state index contributed by atoms with van der Waals surface area (Å²) in [7, 11) is 1.90. The number of hydrogen-bond acceptors (Lipinski definition) is 4. The van der Waals surface area contributed by atoms with E-state index in [4.69, 9.17) is 0 Å². The Morgan fingerprint density at radius 2 is 2.20 bits per heavy atom. The Kier molecular flexibility index (Phi) is 6.39. The van der Waals surface area contributed by atoms with Crippen molar-refractivity contribution in [1.82, 2.24) is 21.1 Å². The molecular formula is C19H29FN4O. The lowest BCUT2D eigenvalue weighted by molar-refractivity contribution is -0.130. The summed E-state index contributed by atoms with van der Waals surface area (Å²) in [5.74, 6) is 0.0363. The first-order chi connectivity index (χ1) is 12.1. The minimum Gasteiger partial charge on any atom is -0.346 e. The van der Waals surface area contributed by atoms with Crippen LogP contribution in [-0.2, 0) is 4.79 Å². The fourth-order valence-electron chi connectivity index (χ4n) is 3.75. The topological polar surface area (TPSA) is 56.4 Å². The van der Waals surface area contributed by atoms with Crippen LogP contribution in [0.1, 0.15) is 50.1 Å². The predicted molar refractivity (Wildman–Crippen MR) is 96.3 cm³/mol. The highest BCUT2D eigenvalue weighted by atomic mass is 19.1. The molecule has 0 radical (unpaired) electrons. The van der Waals surface area contributed by atoms with Gasteiger partial charge in [0.2, 0.25) is 5.91 Å². The van der Waals surface area contributed by atoms with Gasteiger partial charge in [-0.05, 0) is 56.3 Å². The molecule has 2 heterocycles. The zero-order chi connectivity index (χ0) is 17.6. The molecule has 3 rings (SSSR count). The Morgan fingerprint density at radius 1 is 1.32 bits per heavy atom. The molecule has 6 heteroatoms. The molecule has 2 saturated heterocycles. The van der Waals surface area contributed by atoms with Gasteiger partial charge in [-0.25, -0.2) is 4.39 Å². The van der Waals surface area contributed by atoms with Crippen molar-refractivity contribution in [2.45, 2.75) is 56.7 Å². The van der Waals surface area contributed by atoms with Crippen LogP contribution in [0.2, 0.25) is 0 Å². The lowest BCUT2D eigenvalue weighted by atomic mass is 9.99. The summed E-state index contributed by atoms with van der Waals surface area (Å²) in [5.41, 5.74) is 7.53. The van der Waals surface area contributed by atoms with E-state index >= 15 is 0 Å². The molecule has 138 valence electrons. The van der Waals surface area contributed by atoms with E-state index in [0.717, 1.165) is 44.3 Å². The Morgan fingerprint density at radius 3 is 2.96 bits per heavy atom. The van der Waals surface area contributed by atoms with Gasteiger partial charge in [0, 0.05) is 38.1 Å². The molecule has 0 aromatic heterocycles. The molecule has 3 atom stereocenters. The van der Waals surface area contributed by atoms with E-state index < -0.39 is 0 Å². The number of hydrazine groups is 1. The van der Waals surface area contributed by atoms with E-state index in [0.29, 0.717) is 18.5 Å². The first kappa shape index (κ1) is 18.3. The first-order valence-electron chi connectivity index (χ1n) is 9.35. The molecule has 3 N–H and O–H groups in total. The molecule has 3 unspecified atom stereocenters. The smallest absolute Gasteiger partial charge is 0.223 e. The van der Waals surface area contributed by atoms with E-state index in [-0.39, 0.29) is 17.8 Å². The van der Waals surface area contributed by atoms with Crippen LogP contribution in [0.5, 0.6) is 0 Å². The summed E-state index contributed by atoms with van der Waals surface area (Å²) in [4.78, 5) is 14.1. The molecule has 2 fully saturated rings. The van der Waals surface area contributed by atoms with Crippen molar-refractivity contribution in [3.05, 3.63) is 35.6 Å². The minimum absolute atomic E-state index is 0.147. The van der Waals surface area contributed by atoms with Gasteiger partial charge in [-0.2, -0.15) is 0 Å². The zero-order valence-corrected chi connectivity index (χ0v) is 14.9. The molecule has 0 bridgehead atoms. The third kappa shape index (κ3) is 5.23. The first-order valence-corrected chi connectivity index (χ1v) is 9.35. The average molecular weight is 348 g/mol. The van der Waals surface area contributed by atoms with Crippen LogP contribution in [0.15, 0.2) is 24.3 Å². The van der Waals surface area contributed by atoms with Crippen molar-refractivity contribution < 1.29 is 9.18 Å². The fourth-order valence-corrected chi connectivity index (χ4v) is 3.75. The van der Waals surface area contributed by atoms with Crippen molar-refractivity contribution in [2.24, 2.45) is 0 Å². The Bertz CT molecular complexity index is 576. The van der Waals surface area contributed by atoms with Crippen LogP contribution in [0.25, 0.3) is 0 Å². The molecule has 5 nitrogen and oxygen atoms in total. The Hall–Kier alpha value is -1.50. The van der Waals surface area contributed by atoms with Gasteiger partial charge in [-0.15, -0.1) is 0 Å². The Balaban J connectivity index is 1.35. The summed E-state index contributed by atoms with van der Waals surface area (Å²) < 4.78 is 13.3. The van der Waals surface area contributed by atoms with Crippen molar-refractivity contribution in [1.29, 1.82) is 0 Å². The summed E-state index contributed by atoms with van der Waals surface area (Å²) in [6.45, 7) is 1.82. The SMILES string of the molecule is CN(CCCC1CC(c2cccc(F)c2)NN1)C(=O)CC1CCCN1. The van der Waals surface area contributed by atoms with Crippen molar-refractivity contribution >= 4 is 5.91 Å². The summed E-state index contributed by atoms with van der Waals surface area (Å²) in [6, 6.07) is 7.63. The molecule has 1 aromatic rings. The Labute approximate surface area is 149 Å². The number of amides is 1. The van der Waals surface area contributed by atoms with Crippen LogP contribution < -0.4 is 16.2 Å². The number of hydrogen-bond donors (Lipinski definition) is 3. The molecule has 2 aliphatic heterocycles. The third-order valence-electron chi connectivity index (χ3n) is 5.29. The van der Waals surface area contributed by atoms with Gasteiger partial charge in [-0.3, -0.25) is 15.6 Å². The quantitative estimate of drug-likeness (QED) is 0.706. The molecule has 1 amide bonds. The second-order valence-electron chi connectivity index (χ2n) is 7.28. The van der Waals surface area contributed by atoms with Crippen LogP contribution in [0, 0.1) is 5.82 Å². The second-order valence-corrected chi connectivity index (χ2v) is 7.28. The predicted octanol–water partition coefficient (Wildman–Crippen LogP) is 2.11. The number of rotatable bonds is 7. The van der Waals surface area contributed by atoms with Gasteiger partial charge in [0.25, 0.3) is 0 Å². The lowest BCUT2D eigenvalue weighted by Crippen LogP contribution is -2.35. The number of nitrogens with one attached hydrogen (secondary N) is 3. The van der Waals surface area contributed by atoms with Gasteiger partial charge in [0.15, 0.2) is 0 Å². The molecule has 0 saturated carbocycles. The van der Waals surface area contributed by atoms with Crippen molar-refractivity contribution in [2.75, 3.05) is 20.1 Å². The largest absolute Gasteiger partial charge is 0.346 e. The number of halogens is 1. The number of benzene rings is 1. The number of nitrogens with zero attached hydrogens (tertiary/aromatic N) is 1. The summed E-state index contributed by atoms with van der Waals surface area (Å²) in [6.07, 6.45) is 5.80. The van der Waals surface area contributed by atoms with Crippen LogP contribution in [-0.4, -0.2) is 43.0 Å². The van der Waals surface area contributed by atoms with Gasteiger partial charge < -0.3 is 10.2 Å². The highest BCUT2D eigenvalue weighted by Gasteiger charge is 2.25. The van der Waals surface area contributed by atoms with Crippen LogP contribution >= 0.6 is 0 Å². The van der Waals surface area contributed by atoms with E-state index in [1.54, 1.807) is 12.1 Å². The van der Waals surface area contributed by atoms with Gasteiger partial charge >= 0.3 is 0 Å². The summed E-state index contributed by atoms with van der Waals surface area (Å²) in [5, 5.41) is 3.38. The molecule has 0 aliphatic carbocycles. The molecule has 2 aliphatic rings. The minimum atomic E-state index is -0.195. The van der Waals surface area contributed by atoms with E-state index in [1.165, 1.54) is 12.5 Å². The van der Waals surface area contributed by atoms with Crippen molar-refractivity contribution in [3.8, 4) is 0 Å². The van der Waals surface area contributed by atoms with Crippen LogP contribution in [0.4, 0.5) is 4.39 Å². The maximum absolute atomic E-state index is 13.3. The van der Waals surface area contributed by atoms with Crippen LogP contribution in [0.3, 0.4) is 0 Å². The van der Waals surface area contributed by atoms with Crippen molar-refractivity contribution in [3.63, 3.8) is 0 Å². The highest BCUT2D eigenvalue weighted by molar-refractivity contribution is 5.76. The molecule has 25 heavy (non-hydrogen) atoms. The average Bonchev–Trinajstić information content (AvgIpc) is 3.26. The van der Waals surface area contributed by atoms with E-state index in [2.05, 4.69) is 16.2 Å². The molecule has 0 spiro atoms. The monoisotopic (exact) mass is 348 g/mol. The standard InChI is InChI=1S/C19H29FN4O/c1-24(19(25)13-16-7-3-9-21-16)10-4-8-17-12-18(23-22-17)14-5-2-6-15(20)11-14/h2,5-6,11,16-18,21-23H,3-4,7-10,12-13H2,1H3. The second kappa shape index (κ2) is 8.74. The molecule has 1 aromatic carbocycles. The summed E-state index contributed by atoms with van der Waals surface area (Å²) >= 11 is 0. The van der Waals surface area contributed by atoms with E-state index in [1.807, 2.05) is 18.0 Å². The van der Waals surface area contributed by atoms with Gasteiger partial charge in [-0.1, -0.05) is 12.1 Å². The zero-order valence-electron chi connectivity index (χ0n) is 14.9. The number of carbonyl (C=O) groups excluding carboxylic acids is 1.